The van der Waals surface area contributed by atoms with Crippen LogP contribution in [0.4, 0.5) is 11.6 Å². The Morgan fingerprint density at radius 1 is 0.935 bits per heavy atom. The molecule has 1 aliphatic rings. The fourth-order valence-electron chi connectivity index (χ4n) is 4.03. The van der Waals surface area contributed by atoms with Crippen molar-refractivity contribution in [2.45, 2.75) is 13.0 Å². The van der Waals surface area contributed by atoms with Crippen molar-refractivity contribution in [2.24, 2.45) is 0 Å². The molecule has 1 saturated heterocycles. The van der Waals surface area contributed by atoms with Crippen molar-refractivity contribution in [3.05, 3.63) is 66.7 Å². The van der Waals surface area contributed by atoms with Crippen molar-refractivity contribution in [3.63, 3.8) is 0 Å². The van der Waals surface area contributed by atoms with Crippen LogP contribution in [0.1, 0.15) is 18.5 Å². The molecule has 0 aliphatic carbocycles. The lowest BCUT2D eigenvalue weighted by Crippen LogP contribution is -2.44. The Balaban J connectivity index is 1.35. The van der Waals surface area contributed by atoms with Crippen LogP contribution in [0, 0.1) is 0 Å². The first-order chi connectivity index (χ1) is 15.2. The number of rotatable bonds is 5. The molecule has 1 unspecified atom stereocenters. The van der Waals surface area contributed by atoms with Gasteiger partial charge in [-0.05, 0) is 54.8 Å². The van der Waals surface area contributed by atoms with E-state index in [0.29, 0.717) is 0 Å². The van der Waals surface area contributed by atoms with Crippen LogP contribution in [-0.4, -0.2) is 58.3 Å². The second-order valence-electron chi connectivity index (χ2n) is 8.22. The number of hydrogen-bond donors (Lipinski definition) is 2. The van der Waals surface area contributed by atoms with E-state index in [1.54, 1.807) is 0 Å². The van der Waals surface area contributed by atoms with Crippen molar-refractivity contribution in [1.82, 2.24) is 25.1 Å². The third-order valence-electron chi connectivity index (χ3n) is 6.01. The molecule has 0 radical (unpaired) electrons. The molecule has 31 heavy (non-hydrogen) atoms. The number of nitrogens with zero attached hydrogens (tertiary/aromatic N) is 5. The minimum atomic E-state index is 0.122. The van der Waals surface area contributed by atoms with Gasteiger partial charge >= 0.3 is 0 Å². The average molecular weight is 414 g/mol. The summed E-state index contributed by atoms with van der Waals surface area (Å²) in [6.07, 6.45) is 7.58. The summed E-state index contributed by atoms with van der Waals surface area (Å²) in [6.45, 7) is 6.33. The Labute approximate surface area is 182 Å². The van der Waals surface area contributed by atoms with Crippen LogP contribution in [0.15, 0.2) is 61.2 Å². The van der Waals surface area contributed by atoms with Gasteiger partial charge in [0.2, 0.25) is 0 Å². The highest BCUT2D eigenvalue weighted by molar-refractivity contribution is 5.88. The minimum Gasteiger partial charge on any atom is -0.364 e. The highest BCUT2D eigenvalue weighted by atomic mass is 15.3. The van der Waals surface area contributed by atoms with Gasteiger partial charge in [-0.2, -0.15) is 5.10 Å². The zero-order chi connectivity index (χ0) is 21.2. The van der Waals surface area contributed by atoms with Gasteiger partial charge in [-0.25, -0.2) is 9.97 Å². The number of aromatic nitrogens is 4. The second-order valence-corrected chi connectivity index (χ2v) is 8.22. The number of likely N-dealkylation sites (N-methyl/N-ethyl adjacent to an activating group) is 1. The van der Waals surface area contributed by atoms with Crippen LogP contribution in [-0.2, 0) is 0 Å². The van der Waals surface area contributed by atoms with E-state index >= 15 is 0 Å². The van der Waals surface area contributed by atoms with Crippen molar-refractivity contribution in [1.29, 1.82) is 0 Å². The molecule has 0 saturated carbocycles. The predicted molar refractivity (Wildman–Crippen MR) is 125 cm³/mol. The van der Waals surface area contributed by atoms with Crippen molar-refractivity contribution >= 4 is 22.4 Å². The first kappa shape index (κ1) is 19.5. The summed E-state index contributed by atoms with van der Waals surface area (Å²) in [4.78, 5) is 14.0. The highest BCUT2D eigenvalue weighted by Crippen LogP contribution is 2.27. The van der Waals surface area contributed by atoms with E-state index in [1.807, 2.05) is 24.8 Å². The lowest BCUT2D eigenvalue weighted by molar-refractivity contribution is 0.312. The lowest BCUT2D eigenvalue weighted by atomic mass is 10.0. The van der Waals surface area contributed by atoms with Gasteiger partial charge in [-0.1, -0.05) is 12.1 Å². The largest absolute Gasteiger partial charge is 0.364 e. The number of pyridine rings is 2. The molecule has 4 heterocycles. The van der Waals surface area contributed by atoms with Crippen molar-refractivity contribution in [2.75, 3.05) is 43.4 Å². The Morgan fingerprint density at radius 2 is 1.81 bits per heavy atom. The van der Waals surface area contributed by atoms with Crippen LogP contribution in [0.2, 0.25) is 0 Å². The monoisotopic (exact) mass is 413 g/mol. The van der Waals surface area contributed by atoms with E-state index in [2.05, 4.69) is 85.7 Å². The van der Waals surface area contributed by atoms with Gasteiger partial charge < -0.3 is 15.1 Å². The minimum absolute atomic E-state index is 0.122. The fraction of sp³-hybridized carbons (Fsp3) is 0.292. The molecule has 5 rings (SSSR count). The highest BCUT2D eigenvalue weighted by Gasteiger charge is 2.16. The summed E-state index contributed by atoms with van der Waals surface area (Å²) in [5.74, 6) is 1.91. The summed E-state index contributed by atoms with van der Waals surface area (Å²) < 4.78 is 0. The smallest absolute Gasteiger partial charge is 0.128 e. The number of piperazine rings is 1. The number of anilines is 2. The summed E-state index contributed by atoms with van der Waals surface area (Å²) in [5, 5.41) is 12.8. The molecule has 1 atom stereocenters. The zero-order valence-electron chi connectivity index (χ0n) is 17.9. The van der Waals surface area contributed by atoms with E-state index in [4.69, 9.17) is 0 Å². The maximum Gasteiger partial charge on any atom is 0.128 e. The van der Waals surface area contributed by atoms with E-state index in [1.165, 1.54) is 5.56 Å². The molecule has 7 heteroatoms. The van der Waals surface area contributed by atoms with E-state index < -0.39 is 0 Å². The summed E-state index contributed by atoms with van der Waals surface area (Å²) in [7, 11) is 2.17. The lowest BCUT2D eigenvalue weighted by Gasteiger charge is -2.33. The fourth-order valence-corrected chi connectivity index (χ4v) is 4.03. The Morgan fingerprint density at radius 3 is 2.61 bits per heavy atom. The van der Waals surface area contributed by atoms with Crippen LogP contribution in [0.25, 0.3) is 21.9 Å². The summed E-state index contributed by atoms with van der Waals surface area (Å²) in [5.41, 5.74) is 3.42. The standard InChI is InChI=1S/C24H27N7/c1-17(18-5-6-25-24(13-18)31-9-7-30(2)8-10-31)29-23-12-21-11-19(22-15-27-28-16-22)3-4-20(21)14-26-23/h3-6,11-17H,7-10H2,1-2H3,(H,26,29)(H,27,28). The topological polar surface area (TPSA) is 73.0 Å². The molecule has 1 aliphatic heterocycles. The molecule has 3 aromatic heterocycles. The van der Waals surface area contributed by atoms with Gasteiger partial charge in [0.15, 0.2) is 0 Å². The molecule has 4 aromatic rings. The van der Waals surface area contributed by atoms with Gasteiger partial charge in [0.05, 0.1) is 12.2 Å². The number of fused-ring (bicyclic) bond motifs is 1. The number of benzene rings is 1. The van der Waals surface area contributed by atoms with Crippen molar-refractivity contribution in [3.8, 4) is 11.1 Å². The van der Waals surface area contributed by atoms with Crippen LogP contribution >= 0.6 is 0 Å². The number of nitrogens with one attached hydrogen (secondary N) is 2. The second kappa shape index (κ2) is 8.35. The maximum atomic E-state index is 4.62. The normalized spacial score (nSPS) is 15.9. The molecule has 0 bridgehead atoms. The summed E-state index contributed by atoms with van der Waals surface area (Å²) in [6, 6.07) is 12.9. The maximum absolute atomic E-state index is 4.62. The van der Waals surface area contributed by atoms with E-state index in [-0.39, 0.29) is 6.04 Å². The molecular formula is C24H27N7. The molecule has 2 N–H and O–H groups in total. The number of H-pyrrole nitrogens is 1. The summed E-state index contributed by atoms with van der Waals surface area (Å²) >= 11 is 0. The number of hydrogen-bond acceptors (Lipinski definition) is 6. The van der Waals surface area contributed by atoms with Crippen LogP contribution in [0.5, 0.6) is 0 Å². The Hall–Kier alpha value is -3.45. The predicted octanol–water partition coefficient (Wildman–Crippen LogP) is 3.94. The van der Waals surface area contributed by atoms with E-state index in [9.17, 15) is 0 Å². The van der Waals surface area contributed by atoms with Gasteiger partial charge in [-0.3, -0.25) is 5.10 Å². The molecule has 158 valence electrons. The molecule has 1 aromatic carbocycles. The Kier molecular flexibility index (Phi) is 5.26. The molecular weight excluding hydrogens is 386 g/mol. The number of aromatic amines is 1. The molecule has 7 nitrogen and oxygen atoms in total. The first-order valence-corrected chi connectivity index (χ1v) is 10.7. The quantitative estimate of drug-likeness (QED) is 0.516. The SMILES string of the molecule is CC(Nc1cc2cc(-c3cn[nH]c3)ccc2cn1)c1ccnc(N2CCN(C)CC2)c1. The van der Waals surface area contributed by atoms with Crippen LogP contribution < -0.4 is 10.2 Å². The van der Waals surface area contributed by atoms with Gasteiger partial charge in [-0.15, -0.1) is 0 Å². The average Bonchev–Trinajstić information content (AvgIpc) is 3.34. The van der Waals surface area contributed by atoms with E-state index in [0.717, 1.165) is 59.7 Å². The van der Waals surface area contributed by atoms with Gasteiger partial charge in [0.1, 0.15) is 11.6 Å². The molecule has 1 fully saturated rings. The zero-order valence-corrected chi connectivity index (χ0v) is 17.9. The van der Waals surface area contributed by atoms with Crippen molar-refractivity contribution < 1.29 is 0 Å². The molecule has 0 amide bonds. The Bertz CT molecular complexity index is 1160. The van der Waals surface area contributed by atoms with Crippen LogP contribution in [0.3, 0.4) is 0 Å². The van der Waals surface area contributed by atoms with Gasteiger partial charge in [0.25, 0.3) is 0 Å². The first-order valence-electron chi connectivity index (χ1n) is 10.7. The molecule has 0 spiro atoms. The third-order valence-corrected chi connectivity index (χ3v) is 6.01. The van der Waals surface area contributed by atoms with Gasteiger partial charge in [0, 0.05) is 55.7 Å². The third kappa shape index (κ3) is 4.22.